The van der Waals surface area contributed by atoms with E-state index < -0.39 is 11.5 Å². The Kier molecular flexibility index (Phi) is 6.55. The number of aromatic nitrogens is 1. The molecule has 0 saturated heterocycles. The number of hydrogen-bond donors (Lipinski definition) is 2. The van der Waals surface area contributed by atoms with Crippen LogP contribution in [0.5, 0.6) is 11.5 Å². The second kappa shape index (κ2) is 9.36. The third-order valence-electron chi connectivity index (χ3n) is 6.37. The number of anilines is 1. The molecule has 0 unspecified atom stereocenters. The molecule has 2 fully saturated rings. The van der Waals surface area contributed by atoms with Crippen molar-refractivity contribution < 1.29 is 24.1 Å². The Bertz CT molecular complexity index is 981. The monoisotopic (exact) mass is 440 g/mol. The number of carboxylic acid groups (broad SMARTS) is 1. The van der Waals surface area contributed by atoms with E-state index in [4.69, 9.17) is 14.2 Å². The highest BCUT2D eigenvalue weighted by atomic mass is 16.5. The number of hydrogen-bond acceptors (Lipinski definition) is 6. The van der Waals surface area contributed by atoms with Crippen LogP contribution in [-0.2, 0) is 16.1 Å². The number of nitrogens with one attached hydrogen (secondary N) is 1. The van der Waals surface area contributed by atoms with Gasteiger partial charge in [0.1, 0.15) is 22.9 Å². The largest absolute Gasteiger partial charge is 0.496 e. The van der Waals surface area contributed by atoms with E-state index in [1.54, 1.807) is 13.3 Å². The molecule has 7 heteroatoms. The fourth-order valence-corrected chi connectivity index (χ4v) is 4.34. The van der Waals surface area contributed by atoms with Gasteiger partial charge in [-0.1, -0.05) is 12.8 Å². The summed E-state index contributed by atoms with van der Waals surface area (Å²) in [5, 5.41) is 13.1. The Morgan fingerprint density at radius 3 is 2.56 bits per heavy atom. The van der Waals surface area contributed by atoms with Crippen molar-refractivity contribution in [3.05, 3.63) is 35.5 Å². The highest BCUT2D eigenvalue weighted by Gasteiger charge is 2.41. The van der Waals surface area contributed by atoms with Crippen molar-refractivity contribution in [3.63, 3.8) is 0 Å². The van der Waals surface area contributed by atoms with Gasteiger partial charge in [-0.25, -0.2) is 9.78 Å². The van der Waals surface area contributed by atoms with Gasteiger partial charge in [-0.05, 0) is 68.9 Å². The van der Waals surface area contributed by atoms with Crippen molar-refractivity contribution in [2.24, 2.45) is 0 Å². The normalized spacial score (nSPS) is 17.2. The van der Waals surface area contributed by atoms with Gasteiger partial charge in [0.15, 0.2) is 0 Å². The zero-order valence-electron chi connectivity index (χ0n) is 19.1. The Balaban J connectivity index is 1.71. The van der Waals surface area contributed by atoms with Gasteiger partial charge in [0, 0.05) is 17.3 Å². The minimum atomic E-state index is -0.946. The summed E-state index contributed by atoms with van der Waals surface area (Å²) in [6.45, 7) is 4.93. The molecular formula is C25H32N2O5. The van der Waals surface area contributed by atoms with Crippen molar-refractivity contribution in [1.82, 2.24) is 4.98 Å². The summed E-state index contributed by atoms with van der Waals surface area (Å²) in [5.41, 5.74) is 2.81. The van der Waals surface area contributed by atoms with Crippen molar-refractivity contribution >= 4 is 11.8 Å². The lowest BCUT2D eigenvalue weighted by molar-refractivity contribution is -0.142. The van der Waals surface area contributed by atoms with Gasteiger partial charge >= 0.3 is 5.97 Å². The predicted molar refractivity (Wildman–Crippen MR) is 122 cm³/mol. The molecule has 4 rings (SSSR count). The highest BCUT2D eigenvalue weighted by Crippen LogP contribution is 2.38. The Labute approximate surface area is 189 Å². The maximum absolute atomic E-state index is 12.0. The first-order valence-electron chi connectivity index (χ1n) is 11.4. The summed E-state index contributed by atoms with van der Waals surface area (Å²) in [6.07, 6.45) is 7.27. The number of carbonyl (C=O) groups is 1. The molecule has 2 aromatic rings. The number of nitrogens with zero attached hydrogens (tertiary/aromatic N) is 1. The van der Waals surface area contributed by atoms with E-state index in [2.05, 4.69) is 10.3 Å². The van der Waals surface area contributed by atoms with E-state index in [1.165, 1.54) is 0 Å². The molecule has 0 bridgehead atoms. The number of rotatable bonds is 10. The molecule has 0 radical (unpaired) electrons. The summed E-state index contributed by atoms with van der Waals surface area (Å²) in [7, 11) is 1.65. The molecule has 2 N–H and O–H groups in total. The fraction of sp³-hybridized carbons (Fsp3) is 0.520. The van der Waals surface area contributed by atoms with E-state index in [1.807, 2.05) is 32.0 Å². The van der Waals surface area contributed by atoms with Crippen molar-refractivity contribution in [3.8, 4) is 22.6 Å². The first kappa shape index (κ1) is 22.4. The average molecular weight is 441 g/mol. The van der Waals surface area contributed by atoms with Gasteiger partial charge < -0.3 is 24.6 Å². The number of methoxy groups -OCH3 is 1. The van der Waals surface area contributed by atoms with Crippen LogP contribution in [0.1, 0.15) is 56.6 Å². The number of benzene rings is 1. The summed E-state index contributed by atoms with van der Waals surface area (Å²) < 4.78 is 17.4. The molecule has 0 atom stereocenters. The van der Waals surface area contributed by atoms with Gasteiger partial charge in [-0.2, -0.15) is 0 Å². The molecule has 32 heavy (non-hydrogen) atoms. The van der Waals surface area contributed by atoms with Crippen LogP contribution in [0.15, 0.2) is 24.4 Å². The number of pyridine rings is 1. The second-order valence-corrected chi connectivity index (χ2v) is 8.69. The topological polar surface area (TPSA) is 89.9 Å². The van der Waals surface area contributed by atoms with Crippen LogP contribution in [0.4, 0.5) is 5.82 Å². The lowest BCUT2D eigenvalue weighted by Gasteiger charge is -2.26. The molecule has 1 heterocycles. The number of aliphatic carboxylic acids is 1. The maximum atomic E-state index is 12.0. The standard InChI is InChI=1S/C25H32N2O5/c1-4-31-22-12-17(11-21(30-3)16(22)2)20-14-26-23(13-18(20)15-32-19-7-8-19)27-25(24(28)29)9-5-6-10-25/h11-14,19H,4-10,15H2,1-3H3,(H,26,27)(H,28,29). The van der Waals surface area contributed by atoms with E-state index in [0.29, 0.717) is 38.0 Å². The molecular weight excluding hydrogens is 408 g/mol. The van der Waals surface area contributed by atoms with Gasteiger partial charge in [-0.3, -0.25) is 0 Å². The molecule has 2 saturated carbocycles. The highest BCUT2D eigenvalue weighted by molar-refractivity contribution is 5.83. The number of ether oxygens (including phenoxy) is 3. The molecule has 1 aromatic heterocycles. The molecule has 2 aliphatic rings. The molecule has 2 aliphatic carbocycles. The van der Waals surface area contributed by atoms with Gasteiger partial charge in [-0.15, -0.1) is 0 Å². The minimum Gasteiger partial charge on any atom is -0.496 e. The average Bonchev–Trinajstić information content (AvgIpc) is 3.50. The molecule has 172 valence electrons. The third-order valence-corrected chi connectivity index (χ3v) is 6.37. The lowest BCUT2D eigenvalue weighted by Crippen LogP contribution is -2.43. The van der Waals surface area contributed by atoms with Crippen LogP contribution in [-0.4, -0.2) is 41.4 Å². The molecule has 0 amide bonds. The van der Waals surface area contributed by atoms with Gasteiger partial charge in [0.25, 0.3) is 0 Å². The Morgan fingerprint density at radius 1 is 1.22 bits per heavy atom. The van der Waals surface area contributed by atoms with Gasteiger partial charge in [0.05, 0.1) is 26.4 Å². The van der Waals surface area contributed by atoms with Crippen molar-refractivity contribution in [2.45, 2.75) is 70.6 Å². The van der Waals surface area contributed by atoms with Crippen LogP contribution in [0.2, 0.25) is 0 Å². The van der Waals surface area contributed by atoms with Gasteiger partial charge in [0.2, 0.25) is 0 Å². The zero-order valence-corrected chi connectivity index (χ0v) is 19.1. The smallest absolute Gasteiger partial charge is 0.329 e. The molecule has 0 aliphatic heterocycles. The van der Waals surface area contributed by atoms with Crippen LogP contribution in [0, 0.1) is 6.92 Å². The predicted octanol–water partition coefficient (Wildman–Crippen LogP) is 4.95. The summed E-state index contributed by atoms with van der Waals surface area (Å²) in [6, 6.07) is 5.91. The van der Waals surface area contributed by atoms with Crippen molar-refractivity contribution in [1.29, 1.82) is 0 Å². The minimum absolute atomic E-state index is 0.305. The van der Waals surface area contributed by atoms with E-state index in [0.717, 1.165) is 59.4 Å². The second-order valence-electron chi connectivity index (χ2n) is 8.69. The maximum Gasteiger partial charge on any atom is 0.329 e. The van der Waals surface area contributed by atoms with E-state index >= 15 is 0 Å². The summed E-state index contributed by atoms with van der Waals surface area (Å²) in [5.74, 6) is 1.27. The molecule has 0 spiro atoms. The third kappa shape index (κ3) is 4.67. The van der Waals surface area contributed by atoms with Crippen LogP contribution >= 0.6 is 0 Å². The quantitative estimate of drug-likeness (QED) is 0.540. The summed E-state index contributed by atoms with van der Waals surface area (Å²) in [4.78, 5) is 16.6. The number of carboxylic acids is 1. The Hall–Kier alpha value is -2.80. The zero-order chi connectivity index (χ0) is 22.7. The van der Waals surface area contributed by atoms with E-state index in [9.17, 15) is 9.90 Å². The first-order valence-corrected chi connectivity index (χ1v) is 11.4. The van der Waals surface area contributed by atoms with Crippen LogP contribution in [0.3, 0.4) is 0 Å². The SMILES string of the molecule is CCOc1cc(-c2cnc(NC3(C(=O)O)CCCC3)cc2COC2CC2)cc(OC)c1C. The van der Waals surface area contributed by atoms with E-state index in [-0.39, 0.29) is 0 Å². The van der Waals surface area contributed by atoms with Crippen LogP contribution in [0.25, 0.3) is 11.1 Å². The van der Waals surface area contributed by atoms with Crippen LogP contribution < -0.4 is 14.8 Å². The Morgan fingerprint density at radius 2 is 1.94 bits per heavy atom. The lowest BCUT2D eigenvalue weighted by atomic mass is 9.97. The van der Waals surface area contributed by atoms with Crippen molar-refractivity contribution in [2.75, 3.05) is 19.0 Å². The first-order chi connectivity index (χ1) is 15.5. The summed E-state index contributed by atoms with van der Waals surface area (Å²) >= 11 is 0. The molecule has 7 nitrogen and oxygen atoms in total. The fourth-order valence-electron chi connectivity index (χ4n) is 4.34. The molecule has 1 aromatic carbocycles.